The van der Waals surface area contributed by atoms with Gasteiger partial charge in [0.1, 0.15) is 11.9 Å². The maximum Gasteiger partial charge on any atom is 0.188 e. The van der Waals surface area contributed by atoms with Crippen molar-refractivity contribution in [3.05, 3.63) is 34.1 Å². The van der Waals surface area contributed by atoms with E-state index in [2.05, 4.69) is 40.7 Å². The van der Waals surface area contributed by atoms with Gasteiger partial charge in [0.25, 0.3) is 0 Å². The zero-order valence-electron chi connectivity index (χ0n) is 16.2. The Kier molecular flexibility index (Phi) is 6.41. The minimum atomic E-state index is -0.276. The number of ether oxygens (including phenoxy) is 2. The molecule has 3 heteroatoms. The lowest BCUT2D eigenvalue weighted by molar-refractivity contribution is -0.114. The van der Waals surface area contributed by atoms with E-state index >= 15 is 0 Å². The molecule has 3 nitrogen and oxygen atoms in total. The standard InChI is InChI=1S/C20H32O3/c1-12(2)13(3)10-11-20(6,7)16-14(4)18(22-8)19(23-9)15(5)17(16)21/h10,12,18H,11H2,1-9H3/b13-10+. The maximum absolute atomic E-state index is 12.9. The zero-order chi connectivity index (χ0) is 17.9. The van der Waals surface area contributed by atoms with Gasteiger partial charge >= 0.3 is 0 Å². The van der Waals surface area contributed by atoms with Gasteiger partial charge in [-0.2, -0.15) is 0 Å². The molecule has 1 atom stereocenters. The van der Waals surface area contributed by atoms with Crippen molar-refractivity contribution in [3.63, 3.8) is 0 Å². The smallest absolute Gasteiger partial charge is 0.188 e. The van der Waals surface area contributed by atoms with Gasteiger partial charge < -0.3 is 9.47 Å². The van der Waals surface area contributed by atoms with Crippen molar-refractivity contribution in [2.24, 2.45) is 11.3 Å². The minimum absolute atomic E-state index is 0.0771. The Morgan fingerprint density at radius 1 is 1.26 bits per heavy atom. The van der Waals surface area contributed by atoms with Gasteiger partial charge in [0, 0.05) is 18.3 Å². The number of hydrogen-bond donors (Lipinski definition) is 0. The first-order valence-corrected chi connectivity index (χ1v) is 8.28. The number of methoxy groups -OCH3 is 2. The molecule has 0 fully saturated rings. The zero-order valence-corrected chi connectivity index (χ0v) is 16.2. The molecule has 0 N–H and O–H groups in total. The first-order chi connectivity index (χ1) is 10.6. The maximum atomic E-state index is 12.9. The monoisotopic (exact) mass is 320 g/mol. The molecule has 0 saturated carbocycles. The van der Waals surface area contributed by atoms with E-state index in [0.29, 0.717) is 17.3 Å². The molecule has 23 heavy (non-hydrogen) atoms. The van der Waals surface area contributed by atoms with Crippen LogP contribution < -0.4 is 0 Å². The topological polar surface area (TPSA) is 35.5 Å². The van der Waals surface area contributed by atoms with Gasteiger partial charge in [0.2, 0.25) is 0 Å². The summed E-state index contributed by atoms with van der Waals surface area (Å²) in [6.45, 7) is 14.6. The van der Waals surface area contributed by atoms with Crippen LogP contribution in [0, 0.1) is 11.3 Å². The Bertz CT molecular complexity index is 559. The molecule has 1 aliphatic rings. The van der Waals surface area contributed by atoms with Crippen LogP contribution in [0.1, 0.15) is 54.9 Å². The van der Waals surface area contributed by atoms with Crippen LogP contribution in [-0.4, -0.2) is 26.1 Å². The van der Waals surface area contributed by atoms with Crippen molar-refractivity contribution in [3.8, 4) is 0 Å². The summed E-state index contributed by atoms with van der Waals surface area (Å²) in [4.78, 5) is 12.9. The summed E-state index contributed by atoms with van der Waals surface area (Å²) in [6, 6.07) is 0. The second-order valence-electron chi connectivity index (χ2n) is 7.39. The summed E-state index contributed by atoms with van der Waals surface area (Å²) in [5.41, 5.74) is 3.58. The average Bonchev–Trinajstić information content (AvgIpc) is 2.47. The third-order valence-corrected chi connectivity index (χ3v) is 4.94. The molecule has 130 valence electrons. The largest absolute Gasteiger partial charge is 0.498 e. The van der Waals surface area contributed by atoms with E-state index in [9.17, 15) is 4.79 Å². The molecule has 0 aromatic rings. The van der Waals surface area contributed by atoms with Crippen LogP contribution in [0.25, 0.3) is 0 Å². The van der Waals surface area contributed by atoms with Crippen LogP contribution in [0.15, 0.2) is 34.1 Å². The fourth-order valence-corrected chi connectivity index (χ4v) is 3.14. The quantitative estimate of drug-likeness (QED) is 0.657. The van der Waals surface area contributed by atoms with Crippen LogP contribution >= 0.6 is 0 Å². The van der Waals surface area contributed by atoms with Gasteiger partial charge in [-0.25, -0.2) is 0 Å². The lowest BCUT2D eigenvalue weighted by Crippen LogP contribution is -2.34. The molecule has 1 aliphatic carbocycles. The normalized spacial score (nSPS) is 20.7. The molecule has 0 aliphatic heterocycles. The summed E-state index contributed by atoms with van der Waals surface area (Å²) in [5, 5.41) is 0. The van der Waals surface area contributed by atoms with Crippen molar-refractivity contribution in [1.82, 2.24) is 0 Å². The van der Waals surface area contributed by atoms with Crippen molar-refractivity contribution in [1.29, 1.82) is 0 Å². The molecule has 0 aromatic heterocycles. The fraction of sp³-hybridized carbons (Fsp3) is 0.650. The van der Waals surface area contributed by atoms with Crippen molar-refractivity contribution < 1.29 is 14.3 Å². The molecule has 0 spiro atoms. The number of Topliss-reactive ketones (excluding diaryl/α,β-unsaturated/α-hetero) is 1. The lowest BCUT2D eigenvalue weighted by atomic mass is 9.71. The Balaban J connectivity index is 3.28. The van der Waals surface area contributed by atoms with Crippen LogP contribution in [0.3, 0.4) is 0 Å². The second-order valence-corrected chi connectivity index (χ2v) is 7.39. The van der Waals surface area contributed by atoms with Gasteiger partial charge in [0.15, 0.2) is 5.78 Å². The molecule has 0 saturated heterocycles. The van der Waals surface area contributed by atoms with Gasteiger partial charge in [-0.15, -0.1) is 0 Å². The molecule has 0 aromatic carbocycles. The first-order valence-electron chi connectivity index (χ1n) is 8.28. The average molecular weight is 320 g/mol. The number of allylic oxidation sites excluding steroid dienone is 4. The van der Waals surface area contributed by atoms with E-state index in [1.807, 2.05) is 13.8 Å². The highest BCUT2D eigenvalue weighted by Gasteiger charge is 2.39. The van der Waals surface area contributed by atoms with E-state index in [4.69, 9.17) is 9.47 Å². The van der Waals surface area contributed by atoms with Crippen molar-refractivity contribution in [2.45, 2.75) is 61.0 Å². The predicted octanol–water partition coefficient (Wildman–Crippen LogP) is 4.84. The van der Waals surface area contributed by atoms with Crippen molar-refractivity contribution in [2.75, 3.05) is 14.2 Å². The third-order valence-electron chi connectivity index (χ3n) is 4.94. The number of hydrogen-bond acceptors (Lipinski definition) is 3. The van der Waals surface area contributed by atoms with E-state index in [1.165, 1.54) is 5.57 Å². The van der Waals surface area contributed by atoms with E-state index in [0.717, 1.165) is 17.6 Å². The van der Waals surface area contributed by atoms with Gasteiger partial charge in [-0.3, -0.25) is 4.79 Å². The van der Waals surface area contributed by atoms with Gasteiger partial charge in [0.05, 0.1) is 7.11 Å². The van der Waals surface area contributed by atoms with Crippen LogP contribution in [0.4, 0.5) is 0 Å². The predicted molar refractivity (Wildman–Crippen MR) is 95.2 cm³/mol. The highest BCUT2D eigenvalue weighted by atomic mass is 16.5. The second kappa shape index (κ2) is 7.48. The molecule has 0 amide bonds. The van der Waals surface area contributed by atoms with Crippen LogP contribution in [-0.2, 0) is 14.3 Å². The highest BCUT2D eigenvalue weighted by molar-refractivity contribution is 6.10. The van der Waals surface area contributed by atoms with E-state index in [-0.39, 0.29) is 17.3 Å². The summed E-state index contributed by atoms with van der Waals surface area (Å²) in [5.74, 6) is 1.23. The fourth-order valence-electron chi connectivity index (χ4n) is 3.14. The Morgan fingerprint density at radius 2 is 1.83 bits per heavy atom. The lowest BCUT2D eigenvalue weighted by Gasteiger charge is -2.35. The summed E-state index contributed by atoms with van der Waals surface area (Å²) in [7, 11) is 3.25. The minimum Gasteiger partial charge on any atom is -0.498 e. The highest BCUT2D eigenvalue weighted by Crippen LogP contribution is 2.41. The summed E-state index contributed by atoms with van der Waals surface area (Å²) >= 11 is 0. The van der Waals surface area contributed by atoms with E-state index < -0.39 is 0 Å². The molecular formula is C20H32O3. The number of rotatable bonds is 6. The summed E-state index contributed by atoms with van der Waals surface area (Å²) in [6.07, 6.45) is 2.81. The molecule has 0 heterocycles. The van der Waals surface area contributed by atoms with Gasteiger partial charge in [-0.05, 0) is 44.1 Å². The Hall–Kier alpha value is -1.35. The number of carbonyl (C=O) groups is 1. The number of ketones is 1. The first kappa shape index (κ1) is 19.7. The third kappa shape index (κ3) is 3.95. The van der Waals surface area contributed by atoms with Crippen molar-refractivity contribution >= 4 is 5.78 Å². The molecule has 1 unspecified atom stereocenters. The van der Waals surface area contributed by atoms with Gasteiger partial charge in [-0.1, -0.05) is 39.3 Å². The molecule has 1 rings (SSSR count). The Morgan fingerprint density at radius 3 is 2.26 bits per heavy atom. The van der Waals surface area contributed by atoms with E-state index in [1.54, 1.807) is 14.2 Å². The SMILES string of the molecule is COC1=C(C)C(=O)C(C(C)(C)C/C=C(\C)C(C)C)=C(C)C1OC. The summed E-state index contributed by atoms with van der Waals surface area (Å²) < 4.78 is 11.0. The number of carbonyl (C=O) groups excluding carboxylic acids is 1. The van der Waals surface area contributed by atoms with Crippen LogP contribution in [0.5, 0.6) is 0 Å². The Labute approximate surface area is 141 Å². The molecular weight excluding hydrogens is 288 g/mol. The molecule has 0 bridgehead atoms. The molecule has 0 radical (unpaired) electrons. The van der Waals surface area contributed by atoms with Crippen LogP contribution in [0.2, 0.25) is 0 Å².